The number of rotatable bonds is 6. The molecule has 1 aromatic rings. The zero-order valence-corrected chi connectivity index (χ0v) is 13.1. The molecule has 0 spiro atoms. The Kier molecular flexibility index (Phi) is 5.56. The largest absolute Gasteiger partial charge is 0.488 e. The van der Waals surface area contributed by atoms with Crippen molar-refractivity contribution >= 4 is 17.8 Å². The predicted octanol–water partition coefficient (Wildman–Crippen LogP) is 0.846. The van der Waals surface area contributed by atoms with E-state index in [9.17, 15) is 14.4 Å². The molecular weight excluding hydrogens is 302 g/mol. The highest BCUT2D eigenvalue weighted by Crippen LogP contribution is 2.29. The average Bonchev–Trinajstić information content (AvgIpc) is 2.94. The Morgan fingerprint density at radius 3 is 2.83 bits per heavy atom. The smallest absolute Gasteiger partial charge is 0.337 e. The summed E-state index contributed by atoms with van der Waals surface area (Å²) in [5.74, 6) is -0.678. The SMILES string of the molecule is CCOC(=O)CC(=O)NCC1Cc2cc(C(=O)OC)ccc2O1. The Labute approximate surface area is 133 Å². The molecular formula is C16H19NO6. The van der Waals surface area contributed by atoms with Gasteiger partial charge in [0.15, 0.2) is 0 Å². The van der Waals surface area contributed by atoms with Crippen LogP contribution in [-0.2, 0) is 25.5 Å². The van der Waals surface area contributed by atoms with E-state index in [0.717, 1.165) is 5.56 Å². The van der Waals surface area contributed by atoms with Crippen molar-refractivity contribution in [3.05, 3.63) is 29.3 Å². The van der Waals surface area contributed by atoms with E-state index in [0.29, 0.717) is 17.7 Å². The Morgan fingerprint density at radius 2 is 2.13 bits per heavy atom. The Morgan fingerprint density at radius 1 is 1.35 bits per heavy atom. The maximum absolute atomic E-state index is 11.6. The first-order valence-corrected chi connectivity index (χ1v) is 7.33. The van der Waals surface area contributed by atoms with E-state index in [1.165, 1.54) is 7.11 Å². The van der Waals surface area contributed by atoms with E-state index in [1.54, 1.807) is 25.1 Å². The number of carbonyl (C=O) groups is 3. The molecule has 1 aliphatic heterocycles. The zero-order valence-electron chi connectivity index (χ0n) is 13.1. The number of hydrogen-bond acceptors (Lipinski definition) is 6. The highest BCUT2D eigenvalue weighted by atomic mass is 16.5. The molecule has 1 heterocycles. The first kappa shape index (κ1) is 16.8. The first-order valence-electron chi connectivity index (χ1n) is 7.33. The van der Waals surface area contributed by atoms with Crippen molar-refractivity contribution in [3.63, 3.8) is 0 Å². The van der Waals surface area contributed by atoms with Gasteiger partial charge in [0.2, 0.25) is 5.91 Å². The highest BCUT2D eigenvalue weighted by Gasteiger charge is 2.24. The van der Waals surface area contributed by atoms with Crippen LogP contribution in [-0.4, -0.2) is 44.2 Å². The van der Waals surface area contributed by atoms with Crippen molar-refractivity contribution in [3.8, 4) is 5.75 Å². The van der Waals surface area contributed by atoms with E-state index in [1.807, 2.05) is 0 Å². The molecule has 2 rings (SSSR count). The van der Waals surface area contributed by atoms with Gasteiger partial charge in [-0.3, -0.25) is 9.59 Å². The molecule has 7 heteroatoms. The number of hydrogen-bond donors (Lipinski definition) is 1. The number of amides is 1. The van der Waals surface area contributed by atoms with E-state index in [4.69, 9.17) is 9.47 Å². The molecule has 23 heavy (non-hydrogen) atoms. The van der Waals surface area contributed by atoms with Gasteiger partial charge in [-0.15, -0.1) is 0 Å². The van der Waals surface area contributed by atoms with Gasteiger partial charge in [-0.1, -0.05) is 0 Å². The molecule has 0 bridgehead atoms. The number of ether oxygens (including phenoxy) is 3. The molecule has 7 nitrogen and oxygen atoms in total. The molecule has 0 aliphatic carbocycles. The minimum Gasteiger partial charge on any atom is -0.488 e. The Bertz CT molecular complexity index is 613. The first-order chi connectivity index (χ1) is 11.0. The summed E-state index contributed by atoms with van der Waals surface area (Å²) in [4.78, 5) is 34.3. The molecule has 0 aromatic heterocycles. The lowest BCUT2D eigenvalue weighted by atomic mass is 10.1. The summed E-state index contributed by atoms with van der Waals surface area (Å²) in [6.45, 7) is 2.21. The number of carbonyl (C=O) groups excluding carboxylic acids is 3. The molecule has 1 aliphatic rings. The highest BCUT2D eigenvalue weighted by molar-refractivity contribution is 5.94. The van der Waals surface area contributed by atoms with Crippen molar-refractivity contribution < 1.29 is 28.6 Å². The molecule has 124 valence electrons. The summed E-state index contributed by atoms with van der Waals surface area (Å²) in [6, 6.07) is 5.07. The van der Waals surface area contributed by atoms with Crippen LogP contribution in [0.1, 0.15) is 29.3 Å². The van der Waals surface area contributed by atoms with Gasteiger partial charge in [0.05, 0.1) is 25.8 Å². The number of methoxy groups -OCH3 is 1. The summed E-state index contributed by atoms with van der Waals surface area (Å²) >= 11 is 0. The molecule has 1 aromatic carbocycles. The fraction of sp³-hybridized carbons (Fsp3) is 0.438. The quantitative estimate of drug-likeness (QED) is 0.617. The van der Waals surface area contributed by atoms with E-state index in [2.05, 4.69) is 10.1 Å². The van der Waals surface area contributed by atoms with Crippen LogP contribution >= 0.6 is 0 Å². The number of esters is 2. The lowest BCUT2D eigenvalue weighted by Gasteiger charge is -2.11. The van der Waals surface area contributed by atoms with Crippen LogP contribution in [0.5, 0.6) is 5.75 Å². The van der Waals surface area contributed by atoms with Crippen molar-refractivity contribution in [1.29, 1.82) is 0 Å². The van der Waals surface area contributed by atoms with E-state index >= 15 is 0 Å². The molecule has 0 radical (unpaired) electrons. The maximum atomic E-state index is 11.6. The molecule has 1 unspecified atom stereocenters. The summed E-state index contributed by atoms with van der Waals surface area (Å²) in [5, 5.41) is 2.64. The van der Waals surface area contributed by atoms with Gasteiger partial charge < -0.3 is 19.5 Å². The number of fused-ring (bicyclic) bond motifs is 1. The van der Waals surface area contributed by atoms with Crippen LogP contribution in [0.25, 0.3) is 0 Å². The van der Waals surface area contributed by atoms with Crippen molar-refractivity contribution in [1.82, 2.24) is 5.32 Å². The molecule has 0 saturated carbocycles. The van der Waals surface area contributed by atoms with Crippen LogP contribution in [0.4, 0.5) is 0 Å². The lowest BCUT2D eigenvalue weighted by molar-refractivity contribution is -0.146. The van der Waals surface area contributed by atoms with Crippen LogP contribution in [0.2, 0.25) is 0 Å². The molecule has 0 fully saturated rings. The third kappa shape index (κ3) is 4.45. The maximum Gasteiger partial charge on any atom is 0.337 e. The number of benzene rings is 1. The zero-order chi connectivity index (χ0) is 16.8. The summed E-state index contributed by atoms with van der Waals surface area (Å²) in [7, 11) is 1.33. The van der Waals surface area contributed by atoms with Gasteiger partial charge in [0.1, 0.15) is 18.3 Å². The Hall–Kier alpha value is -2.57. The second-order valence-electron chi connectivity index (χ2n) is 5.04. The van der Waals surface area contributed by atoms with Gasteiger partial charge >= 0.3 is 11.9 Å². The monoisotopic (exact) mass is 321 g/mol. The van der Waals surface area contributed by atoms with Gasteiger partial charge in [-0.25, -0.2) is 4.79 Å². The van der Waals surface area contributed by atoms with E-state index < -0.39 is 17.8 Å². The van der Waals surface area contributed by atoms with Gasteiger partial charge in [-0.2, -0.15) is 0 Å². The third-order valence-corrected chi connectivity index (χ3v) is 3.36. The molecule has 1 amide bonds. The lowest BCUT2D eigenvalue weighted by Crippen LogP contribution is -2.35. The van der Waals surface area contributed by atoms with Crippen LogP contribution in [0.3, 0.4) is 0 Å². The second kappa shape index (κ2) is 7.62. The van der Waals surface area contributed by atoms with Gasteiger partial charge in [0.25, 0.3) is 0 Å². The minimum absolute atomic E-state index is 0.232. The third-order valence-electron chi connectivity index (χ3n) is 3.36. The molecule has 1 atom stereocenters. The fourth-order valence-electron chi connectivity index (χ4n) is 2.31. The van der Waals surface area contributed by atoms with Crippen molar-refractivity contribution in [2.24, 2.45) is 0 Å². The summed E-state index contributed by atoms with van der Waals surface area (Å²) < 4.78 is 15.1. The predicted molar refractivity (Wildman–Crippen MR) is 80.2 cm³/mol. The molecule has 1 N–H and O–H groups in total. The number of nitrogens with one attached hydrogen (secondary N) is 1. The van der Waals surface area contributed by atoms with Crippen molar-refractivity contribution in [2.45, 2.75) is 25.9 Å². The van der Waals surface area contributed by atoms with Gasteiger partial charge in [-0.05, 0) is 30.7 Å². The van der Waals surface area contributed by atoms with Crippen molar-refractivity contribution in [2.75, 3.05) is 20.3 Å². The van der Waals surface area contributed by atoms with Crippen LogP contribution in [0, 0.1) is 0 Å². The summed E-state index contributed by atoms with van der Waals surface area (Å²) in [6.07, 6.45) is 0.0314. The molecule has 0 saturated heterocycles. The second-order valence-corrected chi connectivity index (χ2v) is 5.04. The van der Waals surface area contributed by atoms with Gasteiger partial charge in [0, 0.05) is 6.42 Å². The topological polar surface area (TPSA) is 90.9 Å². The Balaban J connectivity index is 1.84. The summed E-state index contributed by atoms with van der Waals surface area (Å²) in [5.41, 5.74) is 1.35. The van der Waals surface area contributed by atoms with E-state index in [-0.39, 0.29) is 25.7 Å². The van der Waals surface area contributed by atoms with Crippen LogP contribution < -0.4 is 10.1 Å². The normalized spacial score (nSPS) is 15.3. The standard InChI is InChI=1S/C16H19NO6/c1-3-22-15(19)8-14(18)17-9-12-7-11-6-10(16(20)21-2)4-5-13(11)23-12/h4-6,12H,3,7-9H2,1-2H3,(H,17,18). The average molecular weight is 321 g/mol. The fourth-order valence-corrected chi connectivity index (χ4v) is 2.31. The minimum atomic E-state index is -0.552. The van der Waals surface area contributed by atoms with Crippen LogP contribution in [0.15, 0.2) is 18.2 Å².